The van der Waals surface area contributed by atoms with E-state index in [9.17, 15) is 14.4 Å². The quantitative estimate of drug-likeness (QED) is 0.772. The summed E-state index contributed by atoms with van der Waals surface area (Å²) >= 11 is 0. The van der Waals surface area contributed by atoms with Crippen molar-refractivity contribution in [1.29, 1.82) is 0 Å². The fourth-order valence-corrected chi connectivity index (χ4v) is 1.66. The average molecular weight is 264 g/mol. The number of carbonyl (C=O) groups is 3. The Bertz CT molecular complexity index is 511. The van der Waals surface area contributed by atoms with Crippen LogP contribution in [0.25, 0.3) is 0 Å². The van der Waals surface area contributed by atoms with E-state index in [4.69, 9.17) is 9.84 Å². The van der Waals surface area contributed by atoms with Gasteiger partial charge in [-0.2, -0.15) is 0 Å². The van der Waals surface area contributed by atoms with Gasteiger partial charge in [0.15, 0.2) is 6.61 Å². The Labute approximate surface area is 108 Å². The van der Waals surface area contributed by atoms with Gasteiger partial charge in [-0.3, -0.25) is 9.59 Å². The molecule has 7 heteroatoms. The summed E-state index contributed by atoms with van der Waals surface area (Å²) in [5.74, 6) is -1.09. The van der Waals surface area contributed by atoms with Crippen LogP contribution in [0.5, 0.6) is 5.75 Å². The molecule has 0 atom stereocenters. The lowest BCUT2D eigenvalue weighted by Gasteiger charge is -2.26. The second-order valence-electron chi connectivity index (χ2n) is 3.93. The number of nitrogens with one attached hydrogen (secondary N) is 1. The van der Waals surface area contributed by atoms with Gasteiger partial charge in [-0.15, -0.1) is 0 Å². The van der Waals surface area contributed by atoms with Gasteiger partial charge in [0.05, 0.1) is 6.54 Å². The zero-order chi connectivity index (χ0) is 13.8. The number of carbonyl (C=O) groups excluding carboxylic acids is 2. The molecular weight excluding hydrogens is 252 g/mol. The summed E-state index contributed by atoms with van der Waals surface area (Å²) in [7, 11) is 0. The van der Waals surface area contributed by atoms with Crippen LogP contribution < -0.4 is 15.0 Å². The SMILES string of the molecule is O=C(O)COc1ccc(N2CC(=O)NCC2=O)cc1. The van der Waals surface area contributed by atoms with Crippen LogP contribution in [-0.2, 0) is 14.4 Å². The molecule has 2 N–H and O–H groups in total. The third kappa shape index (κ3) is 3.21. The van der Waals surface area contributed by atoms with Crippen molar-refractivity contribution in [3.8, 4) is 5.75 Å². The van der Waals surface area contributed by atoms with Crippen molar-refractivity contribution in [2.24, 2.45) is 0 Å². The second kappa shape index (κ2) is 5.38. The van der Waals surface area contributed by atoms with Gasteiger partial charge in [-0.1, -0.05) is 0 Å². The number of carboxylic acids is 1. The number of piperazine rings is 1. The Morgan fingerprint density at radius 1 is 1.32 bits per heavy atom. The van der Waals surface area contributed by atoms with E-state index < -0.39 is 12.6 Å². The summed E-state index contributed by atoms with van der Waals surface area (Å²) in [6.07, 6.45) is 0. The smallest absolute Gasteiger partial charge is 0.341 e. The third-order valence-corrected chi connectivity index (χ3v) is 2.55. The largest absolute Gasteiger partial charge is 0.482 e. The number of carboxylic acid groups (broad SMARTS) is 1. The van der Waals surface area contributed by atoms with E-state index in [1.807, 2.05) is 0 Å². The highest BCUT2D eigenvalue weighted by Gasteiger charge is 2.24. The number of nitrogens with zero attached hydrogens (tertiary/aromatic N) is 1. The number of anilines is 1. The molecule has 0 aromatic heterocycles. The zero-order valence-corrected chi connectivity index (χ0v) is 9.96. The number of aliphatic carboxylic acids is 1. The van der Waals surface area contributed by atoms with E-state index in [2.05, 4.69) is 5.32 Å². The average Bonchev–Trinajstić information content (AvgIpc) is 2.40. The van der Waals surface area contributed by atoms with Gasteiger partial charge in [0.2, 0.25) is 11.8 Å². The molecule has 19 heavy (non-hydrogen) atoms. The molecule has 2 rings (SSSR count). The Morgan fingerprint density at radius 2 is 2.00 bits per heavy atom. The predicted molar refractivity (Wildman–Crippen MR) is 64.9 cm³/mol. The standard InChI is InChI=1S/C12H12N2O5/c15-10-6-14(11(16)5-13-10)8-1-3-9(4-2-8)19-7-12(17)18/h1-4H,5-7H2,(H,13,15)(H,17,18). The highest BCUT2D eigenvalue weighted by atomic mass is 16.5. The number of hydrogen-bond donors (Lipinski definition) is 2. The first-order valence-electron chi connectivity index (χ1n) is 5.58. The molecule has 1 heterocycles. The fraction of sp³-hybridized carbons (Fsp3) is 0.250. The highest BCUT2D eigenvalue weighted by molar-refractivity contribution is 6.04. The van der Waals surface area contributed by atoms with E-state index in [1.165, 1.54) is 4.90 Å². The normalized spacial score (nSPS) is 15.1. The Morgan fingerprint density at radius 3 is 2.63 bits per heavy atom. The molecule has 1 aromatic rings. The first-order chi connectivity index (χ1) is 9.06. The molecule has 7 nitrogen and oxygen atoms in total. The van der Waals surface area contributed by atoms with E-state index >= 15 is 0 Å². The van der Waals surface area contributed by atoms with Crippen LogP contribution >= 0.6 is 0 Å². The van der Waals surface area contributed by atoms with Crippen LogP contribution in [-0.4, -0.2) is 42.6 Å². The lowest BCUT2D eigenvalue weighted by Crippen LogP contribution is -2.51. The molecule has 0 unspecified atom stereocenters. The highest BCUT2D eigenvalue weighted by Crippen LogP contribution is 2.20. The van der Waals surface area contributed by atoms with Crippen LogP contribution in [0.4, 0.5) is 5.69 Å². The van der Waals surface area contributed by atoms with E-state index in [0.29, 0.717) is 11.4 Å². The van der Waals surface area contributed by atoms with Gasteiger partial charge >= 0.3 is 5.97 Å². The number of amides is 2. The maximum Gasteiger partial charge on any atom is 0.341 e. The minimum absolute atomic E-state index is 0.0178. The molecule has 100 valence electrons. The number of rotatable bonds is 4. The Kier molecular flexibility index (Phi) is 3.65. The first-order valence-corrected chi connectivity index (χ1v) is 5.58. The van der Waals surface area contributed by atoms with Gasteiger partial charge in [0, 0.05) is 5.69 Å². The lowest BCUT2D eigenvalue weighted by atomic mass is 10.2. The van der Waals surface area contributed by atoms with Crippen LogP contribution in [0.15, 0.2) is 24.3 Å². The summed E-state index contributed by atoms with van der Waals surface area (Å²) in [5.41, 5.74) is 0.572. The molecule has 0 aliphatic carbocycles. The lowest BCUT2D eigenvalue weighted by molar-refractivity contribution is -0.139. The van der Waals surface area contributed by atoms with Crippen molar-refractivity contribution in [2.75, 3.05) is 24.6 Å². The van der Waals surface area contributed by atoms with Crippen molar-refractivity contribution >= 4 is 23.5 Å². The molecule has 1 fully saturated rings. The molecule has 0 radical (unpaired) electrons. The molecule has 0 spiro atoms. The van der Waals surface area contributed by atoms with Crippen LogP contribution in [0, 0.1) is 0 Å². The number of benzene rings is 1. The van der Waals surface area contributed by atoms with E-state index in [1.54, 1.807) is 24.3 Å². The Balaban J connectivity index is 2.06. The summed E-state index contributed by atoms with van der Waals surface area (Å²) < 4.78 is 4.98. The molecule has 1 aliphatic heterocycles. The van der Waals surface area contributed by atoms with Crippen molar-refractivity contribution in [1.82, 2.24) is 5.32 Å². The monoisotopic (exact) mass is 264 g/mol. The minimum Gasteiger partial charge on any atom is -0.482 e. The van der Waals surface area contributed by atoms with Crippen molar-refractivity contribution in [2.45, 2.75) is 0 Å². The van der Waals surface area contributed by atoms with Crippen LogP contribution in [0.1, 0.15) is 0 Å². The molecular formula is C12H12N2O5. The Hall–Kier alpha value is -2.57. The molecule has 1 aromatic carbocycles. The second-order valence-corrected chi connectivity index (χ2v) is 3.93. The number of ether oxygens (including phenoxy) is 1. The molecule has 1 aliphatic rings. The maximum atomic E-state index is 11.6. The first kappa shape index (κ1) is 12.9. The van der Waals surface area contributed by atoms with E-state index in [-0.39, 0.29) is 24.9 Å². The predicted octanol–water partition coefficient (Wildman–Crippen LogP) is -0.387. The summed E-state index contributed by atoms with van der Waals surface area (Å²) in [4.78, 5) is 34.6. The van der Waals surface area contributed by atoms with Gasteiger partial charge in [0.25, 0.3) is 0 Å². The summed E-state index contributed by atoms with van der Waals surface area (Å²) in [6.45, 7) is -0.464. The van der Waals surface area contributed by atoms with Gasteiger partial charge in [-0.25, -0.2) is 4.79 Å². The summed E-state index contributed by atoms with van der Waals surface area (Å²) in [6, 6.07) is 6.32. The molecule has 1 saturated heterocycles. The topological polar surface area (TPSA) is 95.9 Å². The zero-order valence-electron chi connectivity index (χ0n) is 9.96. The van der Waals surface area contributed by atoms with Crippen molar-refractivity contribution < 1.29 is 24.2 Å². The minimum atomic E-state index is -1.06. The van der Waals surface area contributed by atoms with Gasteiger partial charge in [0.1, 0.15) is 12.3 Å². The van der Waals surface area contributed by atoms with Crippen molar-refractivity contribution in [3.63, 3.8) is 0 Å². The third-order valence-electron chi connectivity index (χ3n) is 2.55. The molecule has 0 bridgehead atoms. The van der Waals surface area contributed by atoms with Crippen LogP contribution in [0.2, 0.25) is 0 Å². The van der Waals surface area contributed by atoms with Crippen molar-refractivity contribution in [3.05, 3.63) is 24.3 Å². The van der Waals surface area contributed by atoms with Crippen LogP contribution in [0.3, 0.4) is 0 Å². The van der Waals surface area contributed by atoms with Gasteiger partial charge < -0.3 is 20.1 Å². The maximum absolute atomic E-state index is 11.6. The van der Waals surface area contributed by atoms with E-state index in [0.717, 1.165) is 0 Å². The number of hydrogen-bond acceptors (Lipinski definition) is 4. The summed E-state index contributed by atoms with van der Waals surface area (Å²) in [5, 5.41) is 10.9. The fourth-order valence-electron chi connectivity index (χ4n) is 1.66. The molecule has 0 saturated carbocycles. The van der Waals surface area contributed by atoms with Gasteiger partial charge in [-0.05, 0) is 24.3 Å². The molecule has 2 amide bonds.